The summed E-state index contributed by atoms with van der Waals surface area (Å²) in [6.45, 7) is 1.46. The van der Waals surface area contributed by atoms with Gasteiger partial charge in [-0.3, -0.25) is 4.21 Å². The molecule has 1 atom stereocenters. The average molecular weight is 306 g/mol. The van der Waals surface area contributed by atoms with Crippen molar-refractivity contribution in [1.82, 2.24) is 5.32 Å². The SMILES string of the molecule is COc1ccc(CNCCCS(C)=O)c(Cl)c1OC. The van der Waals surface area contributed by atoms with Crippen LogP contribution in [-0.2, 0) is 17.3 Å². The maximum atomic E-state index is 10.9. The third-order valence-corrected chi connectivity index (χ3v) is 3.94. The van der Waals surface area contributed by atoms with Gasteiger partial charge in [0.25, 0.3) is 0 Å². The fourth-order valence-electron chi connectivity index (χ4n) is 1.69. The standard InChI is InChI=1S/C13H20ClNO3S/c1-17-11-6-5-10(12(14)13(11)18-2)9-15-7-4-8-19(3)16/h5-6,15H,4,7-9H2,1-3H3. The van der Waals surface area contributed by atoms with Crippen LogP contribution in [0.2, 0.25) is 5.02 Å². The monoisotopic (exact) mass is 305 g/mol. The van der Waals surface area contributed by atoms with Crippen LogP contribution in [0.3, 0.4) is 0 Å². The van der Waals surface area contributed by atoms with E-state index in [2.05, 4.69) is 5.32 Å². The van der Waals surface area contributed by atoms with Crippen molar-refractivity contribution in [3.8, 4) is 11.5 Å². The van der Waals surface area contributed by atoms with E-state index in [0.717, 1.165) is 18.5 Å². The Morgan fingerprint density at radius 3 is 2.63 bits per heavy atom. The summed E-state index contributed by atoms with van der Waals surface area (Å²) in [5.74, 6) is 1.89. The second-order valence-corrected chi connectivity index (χ2v) is 6.01. The van der Waals surface area contributed by atoms with E-state index in [1.807, 2.05) is 12.1 Å². The molecular formula is C13H20ClNO3S. The Hall–Kier alpha value is -0.780. The van der Waals surface area contributed by atoms with Crippen LogP contribution in [0, 0.1) is 0 Å². The molecule has 6 heteroatoms. The predicted octanol–water partition coefficient (Wildman–Crippen LogP) is 2.22. The van der Waals surface area contributed by atoms with Gasteiger partial charge in [-0.2, -0.15) is 0 Å². The van der Waals surface area contributed by atoms with Crippen LogP contribution in [-0.4, -0.2) is 37.0 Å². The molecule has 1 aromatic carbocycles. The second-order valence-electron chi connectivity index (χ2n) is 4.08. The van der Waals surface area contributed by atoms with Crippen molar-refractivity contribution in [3.05, 3.63) is 22.7 Å². The van der Waals surface area contributed by atoms with Crippen LogP contribution < -0.4 is 14.8 Å². The normalized spacial score (nSPS) is 12.2. The molecule has 4 nitrogen and oxygen atoms in total. The highest BCUT2D eigenvalue weighted by molar-refractivity contribution is 7.84. The van der Waals surface area contributed by atoms with Gasteiger partial charge in [-0.15, -0.1) is 0 Å². The number of hydrogen-bond acceptors (Lipinski definition) is 4. The van der Waals surface area contributed by atoms with Crippen LogP contribution in [0.1, 0.15) is 12.0 Å². The number of methoxy groups -OCH3 is 2. The molecule has 0 bridgehead atoms. The van der Waals surface area contributed by atoms with E-state index in [1.165, 1.54) is 0 Å². The molecule has 0 aliphatic heterocycles. The molecule has 0 spiro atoms. The summed E-state index contributed by atoms with van der Waals surface area (Å²) in [4.78, 5) is 0. The molecule has 0 radical (unpaired) electrons. The van der Waals surface area contributed by atoms with E-state index in [-0.39, 0.29) is 0 Å². The van der Waals surface area contributed by atoms with Gasteiger partial charge in [0.05, 0.1) is 19.2 Å². The third-order valence-electron chi connectivity index (χ3n) is 2.67. The maximum Gasteiger partial charge on any atom is 0.179 e. The van der Waals surface area contributed by atoms with Gasteiger partial charge in [0, 0.05) is 29.4 Å². The first-order chi connectivity index (χ1) is 9.10. The lowest BCUT2D eigenvalue weighted by Crippen LogP contribution is -2.17. The molecule has 19 heavy (non-hydrogen) atoms. The Morgan fingerprint density at radius 2 is 2.05 bits per heavy atom. The van der Waals surface area contributed by atoms with Crippen LogP contribution in [0.4, 0.5) is 0 Å². The highest BCUT2D eigenvalue weighted by Gasteiger charge is 2.12. The minimum Gasteiger partial charge on any atom is -0.493 e. The van der Waals surface area contributed by atoms with Crippen LogP contribution >= 0.6 is 11.6 Å². The second kappa shape index (κ2) is 8.40. The smallest absolute Gasteiger partial charge is 0.179 e. The predicted molar refractivity (Wildman–Crippen MR) is 79.8 cm³/mol. The van der Waals surface area contributed by atoms with Crippen molar-refractivity contribution in [2.45, 2.75) is 13.0 Å². The number of rotatable bonds is 8. The van der Waals surface area contributed by atoms with Gasteiger partial charge in [0.2, 0.25) is 0 Å². The van der Waals surface area contributed by atoms with Gasteiger partial charge in [-0.05, 0) is 24.6 Å². The van der Waals surface area contributed by atoms with Gasteiger partial charge in [0.1, 0.15) is 0 Å². The van der Waals surface area contributed by atoms with Crippen LogP contribution in [0.15, 0.2) is 12.1 Å². The number of ether oxygens (including phenoxy) is 2. The lowest BCUT2D eigenvalue weighted by Gasteiger charge is -2.13. The zero-order chi connectivity index (χ0) is 14.3. The Morgan fingerprint density at radius 1 is 1.32 bits per heavy atom. The van der Waals surface area contributed by atoms with Crippen LogP contribution in [0.25, 0.3) is 0 Å². The third kappa shape index (κ3) is 5.01. The lowest BCUT2D eigenvalue weighted by atomic mass is 10.2. The van der Waals surface area contributed by atoms with Crippen molar-refractivity contribution in [3.63, 3.8) is 0 Å². The molecule has 0 aliphatic rings. The molecule has 108 valence electrons. The molecule has 1 aromatic rings. The van der Waals surface area contributed by atoms with E-state index in [4.69, 9.17) is 21.1 Å². The zero-order valence-corrected chi connectivity index (χ0v) is 13.1. The number of nitrogens with one attached hydrogen (secondary N) is 1. The van der Waals surface area contributed by atoms with Crippen molar-refractivity contribution >= 4 is 22.4 Å². The average Bonchev–Trinajstić information content (AvgIpc) is 2.39. The van der Waals surface area contributed by atoms with E-state index in [9.17, 15) is 4.21 Å². The molecule has 1 rings (SSSR count). The molecule has 0 saturated heterocycles. The lowest BCUT2D eigenvalue weighted by molar-refractivity contribution is 0.354. The van der Waals surface area contributed by atoms with Crippen molar-refractivity contribution in [1.29, 1.82) is 0 Å². The van der Waals surface area contributed by atoms with Crippen molar-refractivity contribution in [2.24, 2.45) is 0 Å². The summed E-state index contributed by atoms with van der Waals surface area (Å²) in [6, 6.07) is 3.75. The number of hydrogen-bond donors (Lipinski definition) is 1. The fraction of sp³-hybridized carbons (Fsp3) is 0.538. The summed E-state index contributed by atoms with van der Waals surface area (Å²) in [6.07, 6.45) is 2.60. The summed E-state index contributed by atoms with van der Waals surface area (Å²) < 4.78 is 21.3. The maximum absolute atomic E-state index is 10.9. The molecule has 0 saturated carbocycles. The molecule has 1 unspecified atom stereocenters. The van der Waals surface area contributed by atoms with Crippen molar-refractivity contribution in [2.75, 3.05) is 32.8 Å². The topological polar surface area (TPSA) is 47.6 Å². The molecule has 0 heterocycles. The molecule has 0 aromatic heterocycles. The highest BCUT2D eigenvalue weighted by Crippen LogP contribution is 2.37. The molecular weight excluding hydrogens is 286 g/mol. The summed E-state index contributed by atoms with van der Waals surface area (Å²) in [5, 5.41) is 3.83. The molecule has 0 aliphatic carbocycles. The largest absolute Gasteiger partial charge is 0.493 e. The Bertz CT molecular complexity index is 440. The molecule has 0 fully saturated rings. The van der Waals surface area contributed by atoms with Gasteiger partial charge in [0.15, 0.2) is 11.5 Å². The van der Waals surface area contributed by atoms with E-state index < -0.39 is 10.8 Å². The first-order valence-electron chi connectivity index (χ1n) is 6.00. The van der Waals surface area contributed by atoms with Gasteiger partial charge in [-0.25, -0.2) is 0 Å². The van der Waals surface area contributed by atoms with Gasteiger partial charge < -0.3 is 14.8 Å². The van der Waals surface area contributed by atoms with E-state index in [1.54, 1.807) is 20.5 Å². The Balaban J connectivity index is 2.57. The quantitative estimate of drug-likeness (QED) is 0.748. The molecule has 1 N–H and O–H groups in total. The first kappa shape index (κ1) is 16.3. The summed E-state index contributed by atoms with van der Waals surface area (Å²) >= 11 is 6.26. The summed E-state index contributed by atoms with van der Waals surface area (Å²) in [7, 11) is 2.42. The van der Waals surface area contributed by atoms with Crippen molar-refractivity contribution < 1.29 is 13.7 Å². The van der Waals surface area contributed by atoms with Crippen LogP contribution in [0.5, 0.6) is 11.5 Å². The molecule has 0 amide bonds. The number of benzene rings is 1. The highest BCUT2D eigenvalue weighted by atomic mass is 35.5. The Labute approximate surface area is 121 Å². The first-order valence-corrected chi connectivity index (χ1v) is 8.10. The van der Waals surface area contributed by atoms with E-state index >= 15 is 0 Å². The fourth-order valence-corrected chi connectivity index (χ4v) is 2.54. The Kier molecular flexibility index (Phi) is 7.20. The zero-order valence-electron chi connectivity index (χ0n) is 11.5. The van der Waals surface area contributed by atoms with Gasteiger partial charge >= 0.3 is 0 Å². The van der Waals surface area contributed by atoms with Gasteiger partial charge in [-0.1, -0.05) is 17.7 Å². The minimum absolute atomic E-state index is 0.554. The van der Waals surface area contributed by atoms with E-state index in [0.29, 0.717) is 28.8 Å². The minimum atomic E-state index is -0.730. The summed E-state index contributed by atoms with van der Waals surface area (Å²) in [5.41, 5.74) is 0.955. The number of halogens is 1.